The van der Waals surface area contributed by atoms with E-state index in [4.69, 9.17) is 30.4 Å². The number of hydrogen-bond donors (Lipinski definition) is 2. The minimum absolute atomic E-state index is 0.264. The second-order valence-electron chi connectivity index (χ2n) is 14.3. The minimum atomic E-state index is -0.264. The Balaban J connectivity index is 1.04. The van der Waals surface area contributed by atoms with Crippen molar-refractivity contribution >= 4 is 11.4 Å². The summed E-state index contributed by atoms with van der Waals surface area (Å²) >= 11 is 0. The van der Waals surface area contributed by atoms with Gasteiger partial charge in [0.25, 0.3) is 0 Å². The van der Waals surface area contributed by atoms with Crippen molar-refractivity contribution in [3.8, 4) is 46.0 Å². The molecule has 0 aromatic heterocycles. The summed E-state index contributed by atoms with van der Waals surface area (Å²) < 4.78 is 24.8. The number of anilines is 2. The SMILES string of the molecule is CC(C)(c1ccc(Oc2ccccc2Oc2ccc(N)cc2)cc1)c1cccc(C(C)(C)c2ccc(Oc3ccccc3Oc3ccc(N)cc3)cc2)c1. The number of para-hydroxylation sites is 4. The molecule has 270 valence electrons. The van der Waals surface area contributed by atoms with E-state index in [9.17, 15) is 0 Å². The van der Waals surface area contributed by atoms with Crippen molar-refractivity contribution in [2.24, 2.45) is 0 Å². The smallest absolute Gasteiger partial charge is 0.169 e. The highest BCUT2D eigenvalue weighted by Gasteiger charge is 2.28. The van der Waals surface area contributed by atoms with Crippen molar-refractivity contribution in [3.63, 3.8) is 0 Å². The third-order valence-electron chi connectivity index (χ3n) is 9.83. The van der Waals surface area contributed by atoms with Gasteiger partial charge in [-0.25, -0.2) is 0 Å². The Morgan fingerprint density at radius 3 is 0.889 bits per heavy atom. The van der Waals surface area contributed by atoms with Crippen LogP contribution in [0.4, 0.5) is 11.4 Å². The molecule has 0 radical (unpaired) electrons. The Hall–Kier alpha value is -6.66. The van der Waals surface area contributed by atoms with Crippen molar-refractivity contribution in [1.82, 2.24) is 0 Å². The first-order valence-electron chi connectivity index (χ1n) is 18.0. The maximum absolute atomic E-state index is 6.30. The minimum Gasteiger partial charge on any atom is -0.453 e. The molecule has 0 amide bonds. The summed E-state index contributed by atoms with van der Waals surface area (Å²) in [6.07, 6.45) is 0. The summed E-state index contributed by atoms with van der Waals surface area (Å²) in [7, 11) is 0. The summed E-state index contributed by atoms with van der Waals surface area (Å²) in [5, 5.41) is 0. The van der Waals surface area contributed by atoms with Crippen LogP contribution in [0, 0.1) is 0 Å². The summed E-state index contributed by atoms with van der Waals surface area (Å²) in [4.78, 5) is 0. The van der Waals surface area contributed by atoms with E-state index in [-0.39, 0.29) is 10.8 Å². The fourth-order valence-electron chi connectivity index (χ4n) is 6.33. The van der Waals surface area contributed by atoms with Crippen molar-refractivity contribution in [2.45, 2.75) is 38.5 Å². The van der Waals surface area contributed by atoms with Crippen LogP contribution < -0.4 is 30.4 Å². The topological polar surface area (TPSA) is 89.0 Å². The molecule has 0 unspecified atom stereocenters. The second-order valence-corrected chi connectivity index (χ2v) is 14.3. The van der Waals surface area contributed by atoms with Crippen LogP contribution in [0.2, 0.25) is 0 Å². The molecule has 7 aromatic carbocycles. The molecule has 7 aromatic rings. The Morgan fingerprint density at radius 1 is 0.315 bits per heavy atom. The highest BCUT2D eigenvalue weighted by atomic mass is 16.5. The molecule has 0 aliphatic carbocycles. The first-order valence-corrected chi connectivity index (χ1v) is 18.0. The summed E-state index contributed by atoms with van der Waals surface area (Å²) in [5.41, 5.74) is 17.3. The van der Waals surface area contributed by atoms with Crippen LogP contribution in [0.15, 0.2) is 170 Å². The molecule has 6 nitrogen and oxygen atoms in total. The van der Waals surface area contributed by atoms with Crippen molar-refractivity contribution in [3.05, 3.63) is 192 Å². The molecular formula is C48H44N2O4. The molecule has 0 aliphatic heterocycles. The highest BCUT2D eigenvalue weighted by molar-refractivity contribution is 5.51. The lowest BCUT2D eigenvalue weighted by molar-refractivity contribution is 0.418. The van der Waals surface area contributed by atoms with Gasteiger partial charge in [0, 0.05) is 22.2 Å². The summed E-state index contributed by atoms with van der Waals surface area (Å²) in [6.45, 7) is 9.02. The van der Waals surface area contributed by atoms with Crippen LogP contribution in [0.1, 0.15) is 49.9 Å². The molecule has 7 rings (SSSR count). The Labute approximate surface area is 317 Å². The molecule has 0 bridgehead atoms. The Bertz CT molecular complexity index is 2170. The van der Waals surface area contributed by atoms with Crippen LogP contribution >= 0.6 is 0 Å². The average Bonchev–Trinajstić information content (AvgIpc) is 3.18. The maximum Gasteiger partial charge on any atom is 0.169 e. The van der Waals surface area contributed by atoms with Gasteiger partial charge in [-0.05, 0) is 119 Å². The van der Waals surface area contributed by atoms with E-state index in [1.807, 2.05) is 121 Å². The van der Waals surface area contributed by atoms with Gasteiger partial charge in [0.2, 0.25) is 0 Å². The molecule has 0 fully saturated rings. The molecule has 0 atom stereocenters. The van der Waals surface area contributed by atoms with E-state index in [1.165, 1.54) is 22.3 Å². The first-order chi connectivity index (χ1) is 26.0. The fourth-order valence-corrected chi connectivity index (χ4v) is 6.33. The standard InChI is InChI=1S/C48H44N2O4/c1-47(2,33-16-24-39(25-17-33)51-43-12-5-7-14-45(43)53-41-28-20-37(49)21-29-41)35-10-9-11-36(32-35)48(3,4)34-18-26-40(27-19-34)52-44-13-6-8-15-46(44)54-42-30-22-38(50)23-31-42/h5-32H,49-50H2,1-4H3. The van der Waals surface area contributed by atoms with Gasteiger partial charge >= 0.3 is 0 Å². The predicted octanol–water partition coefficient (Wildman–Crippen LogP) is 12.7. The molecule has 0 saturated carbocycles. The Morgan fingerprint density at radius 2 is 0.593 bits per heavy atom. The average molecular weight is 713 g/mol. The summed E-state index contributed by atoms with van der Waals surface area (Å²) in [6, 6.07) is 55.4. The number of nitrogens with two attached hydrogens (primary N) is 2. The lowest BCUT2D eigenvalue weighted by Gasteiger charge is -2.31. The number of ether oxygens (including phenoxy) is 4. The molecule has 0 saturated heterocycles. The van der Waals surface area contributed by atoms with E-state index < -0.39 is 0 Å². The normalized spacial score (nSPS) is 11.5. The lowest BCUT2D eigenvalue weighted by atomic mass is 9.73. The number of benzene rings is 7. The molecule has 0 aliphatic rings. The number of nitrogen functional groups attached to an aromatic ring is 2. The van der Waals surface area contributed by atoms with Crippen molar-refractivity contribution < 1.29 is 18.9 Å². The molecule has 0 spiro atoms. The van der Waals surface area contributed by atoms with Gasteiger partial charge < -0.3 is 30.4 Å². The molecular weight excluding hydrogens is 669 g/mol. The third kappa shape index (κ3) is 8.03. The second kappa shape index (κ2) is 15.1. The van der Waals surface area contributed by atoms with Gasteiger partial charge in [-0.2, -0.15) is 0 Å². The molecule has 4 N–H and O–H groups in total. The van der Waals surface area contributed by atoms with E-state index in [0.717, 1.165) is 11.5 Å². The van der Waals surface area contributed by atoms with Crippen molar-refractivity contribution in [1.29, 1.82) is 0 Å². The largest absolute Gasteiger partial charge is 0.453 e. The molecule has 0 heterocycles. The zero-order valence-electron chi connectivity index (χ0n) is 31.0. The van der Waals surface area contributed by atoms with Crippen LogP contribution in [0.5, 0.6) is 46.0 Å². The quantitative estimate of drug-likeness (QED) is 0.123. The van der Waals surface area contributed by atoms with E-state index in [1.54, 1.807) is 0 Å². The van der Waals surface area contributed by atoms with E-state index in [2.05, 4.69) is 76.2 Å². The van der Waals surface area contributed by atoms with Crippen LogP contribution in [0.25, 0.3) is 0 Å². The van der Waals surface area contributed by atoms with Gasteiger partial charge in [-0.3, -0.25) is 0 Å². The highest BCUT2D eigenvalue weighted by Crippen LogP contribution is 2.40. The third-order valence-corrected chi connectivity index (χ3v) is 9.83. The van der Waals surface area contributed by atoms with Gasteiger partial charge in [-0.1, -0.05) is 100 Å². The van der Waals surface area contributed by atoms with Gasteiger partial charge in [0.1, 0.15) is 23.0 Å². The predicted molar refractivity (Wildman–Crippen MR) is 218 cm³/mol. The maximum atomic E-state index is 6.30. The van der Waals surface area contributed by atoms with E-state index in [0.29, 0.717) is 45.9 Å². The van der Waals surface area contributed by atoms with Crippen molar-refractivity contribution in [2.75, 3.05) is 11.5 Å². The van der Waals surface area contributed by atoms with Crippen LogP contribution in [-0.4, -0.2) is 0 Å². The van der Waals surface area contributed by atoms with Crippen LogP contribution in [0.3, 0.4) is 0 Å². The first kappa shape index (κ1) is 35.7. The molecule has 54 heavy (non-hydrogen) atoms. The summed E-state index contributed by atoms with van der Waals surface area (Å²) in [5.74, 6) is 5.33. The van der Waals surface area contributed by atoms with Gasteiger partial charge in [-0.15, -0.1) is 0 Å². The van der Waals surface area contributed by atoms with Gasteiger partial charge in [0.15, 0.2) is 23.0 Å². The van der Waals surface area contributed by atoms with Crippen LogP contribution in [-0.2, 0) is 10.8 Å². The number of rotatable bonds is 12. The van der Waals surface area contributed by atoms with Gasteiger partial charge in [0.05, 0.1) is 0 Å². The zero-order valence-corrected chi connectivity index (χ0v) is 31.0. The zero-order chi connectivity index (χ0) is 37.7. The molecule has 6 heteroatoms. The monoisotopic (exact) mass is 712 g/mol. The lowest BCUT2D eigenvalue weighted by Crippen LogP contribution is -2.22. The number of hydrogen-bond acceptors (Lipinski definition) is 6. The van der Waals surface area contributed by atoms with E-state index >= 15 is 0 Å². The Kier molecular flexibility index (Phi) is 10.0. The fraction of sp³-hybridized carbons (Fsp3) is 0.125.